The second-order valence-corrected chi connectivity index (χ2v) is 14.2. The van der Waals surface area contributed by atoms with Crippen molar-refractivity contribution < 1.29 is 4.74 Å². The van der Waals surface area contributed by atoms with Crippen LogP contribution in [0.4, 0.5) is 0 Å². The van der Waals surface area contributed by atoms with E-state index in [4.69, 9.17) is 4.74 Å². The average molecular weight is 337 g/mol. The van der Waals surface area contributed by atoms with Gasteiger partial charge in [-0.3, -0.25) is 0 Å². The topological polar surface area (TPSA) is 9.23 Å². The van der Waals surface area contributed by atoms with Crippen molar-refractivity contribution in [3.63, 3.8) is 0 Å². The molecule has 1 saturated carbocycles. The van der Waals surface area contributed by atoms with Crippen molar-refractivity contribution in [2.24, 2.45) is 5.41 Å². The molecule has 0 radical (unpaired) electrons. The minimum absolute atomic E-state index is 0.285. The Balaban J connectivity index is 3.11. The fraction of sp³-hybridized carbons (Fsp3) is 0.905. The lowest BCUT2D eigenvalue weighted by molar-refractivity contribution is 0.166. The van der Waals surface area contributed by atoms with E-state index < -0.39 is 8.07 Å². The molecule has 23 heavy (non-hydrogen) atoms. The number of hydrogen-bond acceptors (Lipinski definition) is 1. The Kier molecular flexibility index (Phi) is 8.38. The van der Waals surface area contributed by atoms with E-state index in [-0.39, 0.29) is 5.41 Å². The molecular weight excluding hydrogens is 296 g/mol. The Morgan fingerprint density at radius 3 is 1.87 bits per heavy atom. The Morgan fingerprint density at radius 1 is 0.913 bits per heavy atom. The molecule has 0 unspecified atom stereocenters. The maximum atomic E-state index is 5.30. The van der Waals surface area contributed by atoms with Crippen LogP contribution in [0, 0.1) is 16.9 Å². The number of rotatable bonds is 7. The molecule has 1 nitrogen and oxygen atoms in total. The zero-order valence-electron chi connectivity index (χ0n) is 16.8. The maximum absolute atomic E-state index is 5.30. The predicted molar refractivity (Wildman–Crippen MR) is 105 cm³/mol. The van der Waals surface area contributed by atoms with Crippen LogP contribution < -0.4 is 0 Å². The van der Waals surface area contributed by atoms with E-state index in [1.54, 1.807) is 0 Å². The molecule has 1 fully saturated rings. The molecule has 0 atom stereocenters. The van der Waals surface area contributed by atoms with E-state index in [0.717, 1.165) is 29.7 Å². The van der Waals surface area contributed by atoms with Crippen molar-refractivity contribution in [3.05, 3.63) is 0 Å². The standard InChI is InChI=1S/C21H40OSi/c1-18(2)23(19(3)4,20(5)6)17-15-21(14-11-16-22-7)12-9-8-10-13-21/h18-20H,8-14,16H2,1-7H3. The molecule has 0 amide bonds. The van der Waals surface area contributed by atoms with Crippen LogP contribution in [0.25, 0.3) is 0 Å². The highest BCUT2D eigenvalue weighted by Crippen LogP contribution is 2.43. The van der Waals surface area contributed by atoms with Gasteiger partial charge in [0.15, 0.2) is 0 Å². The van der Waals surface area contributed by atoms with E-state index in [1.165, 1.54) is 38.5 Å². The minimum atomic E-state index is -1.60. The lowest BCUT2D eigenvalue weighted by atomic mass is 9.72. The highest BCUT2D eigenvalue weighted by molar-refractivity contribution is 6.90. The van der Waals surface area contributed by atoms with Crippen LogP contribution in [0.2, 0.25) is 16.6 Å². The van der Waals surface area contributed by atoms with Crippen LogP contribution >= 0.6 is 0 Å². The fourth-order valence-electron chi connectivity index (χ4n) is 4.89. The van der Waals surface area contributed by atoms with Gasteiger partial charge >= 0.3 is 0 Å². The van der Waals surface area contributed by atoms with Crippen LogP contribution in [-0.2, 0) is 4.74 Å². The van der Waals surface area contributed by atoms with E-state index >= 15 is 0 Å². The van der Waals surface area contributed by atoms with Gasteiger partial charge in [0.1, 0.15) is 8.07 Å². The predicted octanol–water partition coefficient (Wildman–Crippen LogP) is 6.58. The smallest absolute Gasteiger partial charge is 0.145 e. The van der Waals surface area contributed by atoms with Gasteiger partial charge in [0.2, 0.25) is 0 Å². The maximum Gasteiger partial charge on any atom is 0.145 e. The van der Waals surface area contributed by atoms with Gasteiger partial charge in [-0.15, -0.1) is 11.5 Å². The molecule has 0 aromatic carbocycles. The zero-order chi connectivity index (χ0) is 17.5. The lowest BCUT2D eigenvalue weighted by Crippen LogP contribution is -2.43. The molecular formula is C21H40OSi. The summed E-state index contributed by atoms with van der Waals surface area (Å²) in [5.41, 5.74) is 6.50. The van der Waals surface area contributed by atoms with Crippen LogP contribution in [0.5, 0.6) is 0 Å². The van der Waals surface area contributed by atoms with E-state index in [1.807, 2.05) is 7.11 Å². The Morgan fingerprint density at radius 2 is 1.43 bits per heavy atom. The molecule has 0 spiro atoms. The highest BCUT2D eigenvalue weighted by Gasteiger charge is 2.42. The van der Waals surface area contributed by atoms with Crippen molar-refractivity contribution in [2.45, 2.75) is 103 Å². The van der Waals surface area contributed by atoms with Crippen LogP contribution in [0.1, 0.15) is 86.5 Å². The summed E-state index contributed by atoms with van der Waals surface area (Å²) in [7, 11) is 0.214. The fourth-order valence-corrected chi connectivity index (χ4v) is 10.2. The molecule has 0 bridgehead atoms. The van der Waals surface area contributed by atoms with Gasteiger partial charge in [-0.05, 0) is 42.3 Å². The van der Waals surface area contributed by atoms with Crippen molar-refractivity contribution in [1.29, 1.82) is 0 Å². The first-order chi connectivity index (χ1) is 10.8. The van der Waals surface area contributed by atoms with Crippen molar-refractivity contribution in [2.75, 3.05) is 13.7 Å². The molecule has 134 valence electrons. The summed E-state index contributed by atoms with van der Waals surface area (Å²) in [6, 6.07) is 0. The van der Waals surface area contributed by atoms with Gasteiger partial charge in [0, 0.05) is 19.1 Å². The molecule has 0 N–H and O–H groups in total. The Bertz CT molecular complexity index is 372. The monoisotopic (exact) mass is 336 g/mol. The molecule has 0 aromatic heterocycles. The van der Waals surface area contributed by atoms with Crippen molar-refractivity contribution in [1.82, 2.24) is 0 Å². The summed E-state index contributed by atoms with van der Waals surface area (Å²) in [5, 5.41) is 0. The molecule has 0 saturated heterocycles. The molecule has 0 heterocycles. The van der Waals surface area contributed by atoms with Gasteiger partial charge in [-0.1, -0.05) is 60.8 Å². The summed E-state index contributed by atoms with van der Waals surface area (Å²) in [6.45, 7) is 15.4. The minimum Gasteiger partial charge on any atom is -0.385 e. The highest BCUT2D eigenvalue weighted by atomic mass is 28.3. The average Bonchev–Trinajstić information content (AvgIpc) is 2.48. The second-order valence-electron chi connectivity index (χ2n) is 8.58. The molecule has 1 rings (SSSR count). The molecule has 2 heteroatoms. The normalized spacial score (nSPS) is 18.3. The van der Waals surface area contributed by atoms with Gasteiger partial charge in [-0.2, -0.15) is 0 Å². The zero-order valence-corrected chi connectivity index (χ0v) is 17.8. The Labute approximate surface area is 147 Å². The third kappa shape index (κ3) is 5.10. The summed E-state index contributed by atoms with van der Waals surface area (Å²) in [4.78, 5) is 0. The van der Waals surface area contributed by atoms with E-state index in [2.05, 4.69) is 53.0 Å². The number of hydrogen-bond donors (Lipinski definition) is 0. The summed E-state index contributed by atoms with van der Waals surface area (Å²) >= 11 is 0. The third-order valence-electron chi connectivity index (χ3n) is 6.22. The van der Waals surface area contributed by atoms with Crippen molar-refractivity contribution >= 4 is 8.07 Å². The molecule has 1 aliphatic carbocycles. The molecule has 0 aliphatic heterocycles. The lowest BCUT2D eigenvalue weighted by Gasteiger charge is -2.39. The Hall–Kier alpha value is -0.263. The van der Waals surface area contributed by atoms with E-state index in [0.29, 0.717) is 0 Å². The second kappa shape index (κ2) is 9.28. The van der Waals surface area contributed by atoms with Crippen LogP contribution in [-0.4, -0.2) is 21.8 Å². The van der Waals surface area contributed by atoms with Gasteiger partial charge in [0.25, 0.3) is 0 Å². The van der Waals surface area contributed by atoms with Crippen LogP contribution in [0.3, 0.4) is 0 Å². The summed E-state index contributed by atoms with van der Waals surface area (Å²) < 4.78 is 5.30. The first-order valence-electron chi connectivity index (χ1n) is 9.84. The summed E-state index contributed by atoms with van der Waals surface area (Å²) in [6.07, 6.45) is 9.12. The van der Waals surface area contributed by atoms with E-state index in [9.17, 15) is 0 Å². The number of methoxy groups -OCH3 is 1. The quantitative estimate of drug-likeness (QED) is 0.290. The number of ether oxygens (including phenoxy) is 1. The third-order valence-corrected chi connectivity index (χ3v) is 12.5. The van der Waals surface area contributed by atoms with Crippen molar-refractivity contribution in [3.8, 4) is 11.5 Å². The largest absolute Gasteiger partial charge is 0.385 e. The molecule has 0 aromatic rings. The molecule has 1 aliphatic rings. The first kappa shape index (κ1) is 20.8. The summed E-state index contributed by atoms with van der Waals surface area (Å²) in [5.74, 6) is 3.94. The van der Waals surface area contributed by atoms with Gasteiger partial charge in [0.05, 0.1) is 0 Å². The van der Waals surface area contributed by atoms with Gasteiger partial charge in [-0.25, -0.2) is 0 Å². The SMILES string of the molecule is COCCCC1(C#C[Si](C(C)C)(C(C)C)C(C)C)CCCCC1. The first-order valence-corrected chi connectivity index (χ1v) is 12.1. The van der Waals surface area contributed by atoms with Crippen LogP contribution in [0.15, 0.2) is 0 Å². The van der Waals surface area contributed by atoms with Gasteiger partial charge < -0.3 is 4.74 Å².